The number of rotatable bonds is 1. The predicted molar refractivity (Wildman–Crippen MR) is 58.6 cm³/mol. The molecule has 0 fully saturated rings. The zero-order valence-electron chi connectivity index (χ0n) is 8.35. The first kappa shape index (κ1) is 8.47. The zero-order chi connectivity index (χ0) is 10.1. The van der Waals surface area contributed by atoms with Crippen molar-refractivity contribution in [1.29, 1.82) is 0 Å². The van der Waals surface area contributed by atoms with Gasteiger partial charge < -0.3 is 9.88 Å². The van der Waals surface area contributed by atoms with E-state index < -0.39 is 0 Å². The van der Waals surface area contributed by atoms with Gasteiger partial charge in [0, 0.05) is 31.0 Å². The highest BCUT2D eigenvalue weighted by Gasteiger charge is 2.13. The van der Waals surface area contributed by atoms with Crippen LogP contribution in [0.4, 0.5) is 5.82 Å². The van der Waals surface area contributed by atoms with Crippen LogP contribution in [0.2, 0.25) is 0 Å². The van der Waals surface area contributed by atoms with Gasteiger partial charge in [-0.25, -0.2) is 4.98 Å². The van der Waals surface area contributed by atoms with Gasteiger partial charge in [-0.15, -0.1) is 0 Å². The molecule has 4 heteroatoms. The molecule has 0 saturated carbocycles. The fourth-order valence-electron chi connectivity index (χ4n) is 1.93. The Labute approximate surface area is 88.0 Å². The van der Waals surface area contributed by atoms with Gasteiger partial charge in [0.15, 0.2) is 0 Å². The molecule has 0 atom stereocenters. The number of pyridine rings is 1. The van der Waals surface area contributed by atoms with Crippen LogP contribution in [-0.4, -0.2) is 21.1 Å². The molecule has 0 spiro atoms. The van der Waals surface area contributed by atoms with Gasteiger partial charge in [0.1, 0.15) is 11.6 Å². The molecule has 3 rings (SSSR count). The van der Waals surface area contributed by atoms with Gasteiger partial charge in [-0.3, -0.25) is 4.98 Å². The Balaban J connectivity index is 2.09. The van der Waals surface area contributed by atoms with E-state index in [4.69, 9.17) is 0 Å². The maximum absolute atomic E-state index is 4.44. The maximum Gasteiger partial charge on any atom is 0.141 e. The van der Waals surface area contributed by atoms with Gasteiger partial charge >= 0.3 is 0 Å². The molecular formula is C11H12N4. The van der Waals surface area contributed by atoms with E-state index >= 15 is 0 Å². The first-order chi connectivity index (χ1) is 7.45. The summed E-state index contributed by atoms with van der Waals surface area (Å²) in [6, 6.07) is 3.98. The van der Waals surface area contributed by atoms with E-state index in [9.17, 15) is 0 Å². The summed E-state index contributed by atoms with van der Waals surface area (Å²) in [4.78, 5) is 8.46. The van der Waals surface area contributed by atoms with E-state index in [-0.39, 0.29) is 0 Å². The van der Waals surface area contributed by atoms with E-state index in [2.05, 4.69) is 19.9 Å². The summed E-state index contributed by atoms with van der Waals surface area (Å²) < 4.78 is 2.22. The van der Waals surface area contributed by atoms with Crippen molar-refractivity contribution in [2.45, 2.75) is 13.0 Å². The van der Waals surface area contributed by atoms with Crippen LogP contribution in [0, 0.1) is 0 Å². The Kier molecular flexibility index (Phi) is 1.91. The molecule has 0 aromatic carbocycles. The molecule has 2 aromatic heterocycles. The monoisotopic (exact) mass is 200 g/mol. The lowest BCUT2D eigenvalue weighted by Crippen LogP contribution is -2.17. The second-order valence-electron chi connectivity index (χ2n) is 3.63. The molecule has 1 N–H and O–H groups in total. The van der Waals surface area contributed by atoms with Crippen molar-refractivity contribution in [3.63, 3.8) is 0 Å². The smallest absolute Gasteiger partial charge is 0.141 e. The summed E-state index contributed by atoms with van der Waals surface area (Å²) >= 11 is 0. The maximum atomic E-state index is 4.44. The minimum absolute atomic E-state index is 1.03. The summed E-state index contributed by atoms with van der Waals surface area (Å²) in [5, 5.41) is 3.34. The molecule has 0 unspecified atom stereocenters. The number of hydrogen-bond acceptors (Lipinski definition) is 3. The van der Waals surface area contributed by atoms with Gasteiger partial charge in [-0.05, 0) is 18.6 Å². The minimum atomic E-state index is 1.03. The second-order valence-corrected chi connectivity index (χ2v) is 3.63. The van der Waals surface area contributed by atoms with Crippen LogP contribution in [0.5, 0.6) is 0 Å². The van der Waals surface area contributed by atoms with E-state index in [0.29, 0.717) is 0 Å². The van der Waals surface area contributed by atoms with Crippen molar-refractivity contribution in [1.82, 2.24) is 14.5 Å². The molecule has 4 nitrogen and oxygen atoms in total. The number of imidazole rings is 1. The van der Waals surface area contributed by atoms with Gasteiger partial charge in [0.25, 0.3) is 0 Å². The molecule has 0 amide bonds. The van der Waals surface area contributed by atoms with Gasteiger partial charge in [-0.2, -0.15) is 0 Å². The van der Waals surface area contributed by atoms with Crippen LogP contribution in [0.25, 0.3) is 11.4 Å². The minimum Gasteiger partial charge on any atom is -0.370 e. The average Bonchev–Trinajstić information content (AvgIpc) is 2.74. The van der Waals surface area contributed by atoms with Crippen molar-refractivity contribution in [3.8, 4) is 11.4 Å². The number of nitrogens with one attached hydrogen (secondary N) is 1. The third kappa shape index (κ3) is 1.38. The standard InChI is InChI=1S/C11H12N4/c1-4-13-10-8-14-11(15(10)7-1)9-2-5-12-6-3-9/h2-3,5-6,8,13H,1,4,7H2. The van der Waals surface area contributed by atoms with Crippen molar-refractivity contribution in [2.75, 3.05) is 11.9 Å². The molecule has 0 saturated heterocycles. The number of aromatic nitrogens is 3. The lowest BCUT2D eigenvalue weighted by atomic mass is 10.2. The fraction of sp³-hybridized carbons (Fsp3) is 0.273. The highest BCUT2D eigenvalue weighted by atomic mass is 15.2. The fourth-order valence-corrected chi connectivity index (χ4v) is 1.93. The Morgan fingerprint density at radius 3 is 3.00 bits per heavy atom. The van der Waals surface area contributed by atoms with Crippen molar-refractivity contribution < 1.29 is 0 Å². The molecule has 1 aliphatic rings. The van der Waals surface area contributed by atoms with Crippen molar-refractivity contribution >= 4 is 5.82 Å². The van der Waals surface area contributed by atoms with Crippen LogP contribution in [-0.2, 0) is 6.54 Å². The van der Waals surface area contributed by atoms with Crippen LogP contribution in [0.1, 0.15) is 6.42 Å². The molecule has 1 aliphatic heterocycles. The third-order valence-corrected chi connectivity index (χ3v) is 2.66. The topological polar surface area (TPSA) is 42.7 Å². The number of anilines is 1. The van der Waals surface area contributed by atoms with Crippen LogP contribution < -0.4 is 5.32 Å². The van der Waals surface area contributed by atoms with Gasteiger partial charge in [-0.1, -0.05) is 0 Å². The molecule has 15 heavy (non-hydrogen) atoms. The SMILES string of the molecule is c1cc(-c2ncc3n2CCCN3)ccn1. The van der Waals surface area contributed by atoms with E-state index in [1.54, 1.807) is 12.4 Å². The summed E-state index contributed by atoms with van der Waals surface area (Å²) in [7, 11) is 0. The quantitative estimate of drug-likeness (QED) is 0.762. The van der Waals surface area contributed by atoms with Crippen molar-refractivity contribution in [2.24, 2.45) is 0 Å². The van der Waals surface area contributed by atoms with Crippen LogP contribution in [0.15, 0.2) is 30.7 Å². The molecule has 0 aliphatic carbocycles. The van der Waals surface area contributed by atoms with E-state index in [0.717, 1.165) is 36.7 Å². The Hall–Kier alpha value is -1.84. The Morgan fingerprint density at radius 2 is 2.13 bits per heavy atom. The summed E-state index contributed by atoms with van der Waals surface area (Å²) in [5.74, 6) is 2.15. The average molecular weight is 200 g/mol. The predicted octanol–water partition coefficient (Wildman–Crippen LogP) is 1.76. The first-order valence-electron chi connectivity index (χ1n) is 5.15. The molecule has 0 bridgehead atoms. The number of fused-ring (bicyclic) bond motifs is 1. The van der Waals surface area contributed by atoms with Crippen LogP contribution >= 0.6 is 0 Å². The highest BCUT2D eigenvalue weighted by molar-refractivity contribution is 5.58. The zero-order valence-corrected chi connectivity index (χ0v) is 8.35. The third-order valence-electron chi connectivity index (χ3n) is 2.66. The molecule has 2 aromatic rings. The Morgan fingerprint density at radius 1 is 1.27 bits per heavy atom. The molecular weight excluding hydrogens is 188 g/mol. The van der Waals surface area contributed by atoms with E-state index in [1.165, 1.54) is 0 Å². The number of hydrogen-bond donors (Lipinski definition) is 1. The summed E-state index contributed by atoms with van der Waals surface area (Å²) in [5.41, 5.74) is 1.12. The molecule has 3 heterocycles. The Bertz CT molecular complexity index is 461. The largest absolute Gasteiger partial charge is 0.370 e. The van der Waals surface area contributed by atoms with Gasteiger partial charge in [0.2, 0.25) is 0 Å². The van der Waals surface area contributed by atoms with Gasteiger partial charge in [0.05, 0.1) is 6.20 Å². The van der Waals surface area contributed by atoms with Crippen LogP contribution in [0.3, 0.4) is 0 Å². The first-order valence-corrected chi connectivity index (χ1v) is 5.15. The lowest BCUT2D eigenvalue weighted by molar-refractivity contribution is 0.636. The molecule has 76 valence electrons. The summed E-state index contributed by atoms with van der Waals surface area (Å²) in [6.45, 7) is 2.08. The van der Waals surface area contributed by atoms with Crippen molar-refractivity contribution in [3.05, 3.63) is 30.7 Å². The normalized spacial score (nSPS) is 14.4. The van der Waals surface area contributed by atoms with E-state index in [1.807, 2.05) is 18.3 Å². The highest BCUT2D eigenvalue weighted by Crippen LogP contribution is 2.24. The molecule has 0 radical (unpaired) electrons. The number of nitrogens with zero attached hydrogens (tertiary/aromatic N) is 3. The summed E-state index contributed by atoms with van der Waals surface area (Å²) in [6.07, 6.45) is 6.65. The second kappa shape index (κ2) is 3.38. The lowest BCUT2D eigenvalue weighted by Gasteiger charge is -2.18.